The molecule has 3 aliphatic heterocycles. The minimum absolute atomic E-state index is 0. The molecule has 46 heavy (non-hydrogen) atoms. The first-order valence-electron chi connectivity index (χ1n) is 15.8. The summed E-state index contributed by atoms with van der Waals surface area (Å²) in [5.41, 5.74) is 0. The summed E-state index contributed by atoms with van der Waals surface area (Å²) in [4.78, 5) is 0. The molecule has 3 rings (SSSR count). The average molecular weight is 1100 g/mol. The van der Waals surface area contributed by atoms with Gasteiger partial charge in [0.2, 0.25) is 0 Å². The quantitative estimate of drug-likeness (QED) is 0.112. The summed E-state index contributed by atoms with van der Waals surface area (Å²) < 4.78 is 60.3. The molecule has 0 bridgehead atoms. The van der Waals surface area contributed by atoms with Crippen LogP contribution < -0.4 is 0 Å². The van der Waals surface area contributed by atoms with Crippen LogP contribution in [0.3, 0.4) is 0 Å². The Hall–Kier alpha value is 2.72. The standard InChI is InChI=1S/C11H29BrO5Si4.C7H22O4Si4.C4H8O.C3H5Br.Pt/c1-18(2)14-19(3,4)16-21(7,13-11-9-8-10-12)17-20(5,6)15-18;1-12-8-13(2,3)10-15(6,7)11-14(4,5)9-12;1-2-4-5-3-1;1-2-3-4;/h8-11H2,1-7H3;12H,1-7H3;1-4H2;2H,1,3H2;. The third-order valence-electron chi connectivity index (χ3n) is 5.56. The number of hydrogen-bond acceptors (Lipinski definition) is 10. The molecule has 0 aromatic rings. The van der Waals surface area contributed by atoms with Crippen LogP contribution in [0.4, 0.5) is 0 Å². The van der Waals surface area contributed by atoms with Crippen molar-refractivity contribution in [1.29, 1.82) is 0 Å². The Morgan fingerprint density at radius 2 is 0.978 bits per heavy atom. The molecule has 0 amide bonds. The van der Waals surface area contributed by atoms with Gasteiger partial charge in [0.1, 0.15) is 0 Å². The van der Waals surface area contributed by atoms with E-state index < -0.39 is 69.5 Å². The van der Waals surface area contributed by atoms with Crippen LogP contribution in [0, 0.1) is 0 Å². The van der Waals surface area contributed by atoms with E-state index in [0.29, 0.717) is 6.61 Å². The van der Waals surface area contributed by atoms with Gasteiger partial charge in [0.05, 0.1) is 0 Å². The van der Waals surface area contributed by atoms with E-state index in [1.165, 1.54) is 12.8 Å². The molecule has 0 atom stereocenters. The van der Waals surface area contributed by atoms with Gasteiger partial charge in [-0.05, 0) is 111 Å². The first-order valence-corrected chi connectivity index (χ1v) is 39.3. The van der Waals surface area contributed by atoms with Crippen molar-refractivity contribution < 1.29 is 63.1 Å². The summed E-state index contributed by atoms with van der Waals surface area (Å²) in [5.74, 6) is 0. The molecule has 280 valence electrons. The fraction of sp³-hybridized carbons (Fsp3) is 0.920. The van der Waals surface area contributed by atoms with Crippen LogP contribution in [0.5, 0.6) is 0 Å². The van der Waals surface area contributed by atoms with Crippen molar-refractivity contribution in [3.63, 3.8) is 0 Å². The molecule has 0 aromatic carbocycles. The van der Waals surface area contributed by atoms with Gasteiger partial charge < -0.3 is 42.1 Å². The van der Waals surface area contributed by atoms with Gasteiger partial charge in [0.15, 0.2) is 0 Å². The second kappa shape index (κ2) is 22.7. The zero-order chi connectivity index (χ0) is 35.2. The minimum atomic E-state index is -2.72. The van der Waals surface area contributed by atoms with Gasteiger partial charge in [0, 0.05) is 58.1 Å². The molecule has 0 aliphatic carbocycles. The zero-order valence-corrected chi connectivity index (χ0v) is 44.5. The van der Waals surface area contributed by atoms with Crippen LogP contribution in [0.25, 0.3) is 0 Å². The molecule has 0 unspecified atom stereocenters. The van der Waals surface area contributed by atoms with E-state index in [-0.39, 0.29) is 21.1 Å². The molecule has 3 saturated heterocycles. The third-order valence-corrected chi connectivity index (χ3v) is 37.1. The van der Waals surface area contributed by atoms with Crippen LogP contribution in [0.15, 0.2) is 12.7 Å². The first kappa shape index (κ1) is 50.8. The van der Waals surface area contributed by atoms with Gasteiger partial charge >= 0.3 is 69.5 Å². The largest absolute Gasteiger partial charge is 0.479 e. The maximum atomic E-state index is 6.31. The van der Waals surface area contributed by atoms with Crippen molar-refractivity contribution in [2.75, 3.05) is 30.5 Å². The van der Waals surface area contributed by atoms with Crippen molar-refractivity contribution in [3.8, 4) is 0 Å². The predicted octanol–water partition coefficient (Wildman–Crippen LogP) is 8.32. The Morgan fingerprint density at radius 3 is 1.28 bits per heavy atom. The molecule has 3 fully saturated rings. The van der Waals surface area contributed by atoms with Gasteiger partial charge in [-0.25, -0.2) is 0 Å². The minimum Gasteiger partial charge on any atom is -0.418 e. The summed E-state index contributed by atoms with van der Waals surface area (Å²) in [6.07, 6.45) is 6.42. The van der Waals surface area contributed by atoms with Gasteiger partial charge in [-0.15, -0.1) is 6.58 Å². The molecule has 0 spiro atoms. The van der Waals surface area contributed by atoms with Gasteiger partial charge in [-0.3, -0.25) is 0 Å². The molecule has 0 aromatic heterocycles. The number of hydrogen-bond donors (Lipinski definition) is 0. The Balaban J connectivity index is 0. The SMILES string of the molecule is C1CCOC1.C=CCBr.C[SiH]1O[Si](C)(C)O[Si](C)(C)O[Si](C)(C)O1.C[Si]1(C)O[Si](C)(C)O[Si](C)(OCCCCBr)O[Si](C)(C)O1.[Pt]. The summed E-state index contributed by atoms with van der Waals surface area (Å²) >= 11 is 6.56. The first-order chi connectivity index (χ1) is 20.3. The van der Waals surface area contributed by atoms with Gasteiger partial charge in [-0.1, -0.05) is 37.9 Å². The van der Waals surface area contributed by atoms with Crippen LogP contribution in [0.2, 0.25) is 91.7 Å². The number of halogens is 2. The Labute approximate surface area is 322 Å². The second-order valence-electron chi connectivity index (χ2n) is 13.7. The maximum Gasteiger partial charge on any atom is 0.479 e. The zero-order valence-electron chi connectivity index (χ0n) is 30.9. The Kier molecular flexibility index (Phi) is 25.1. The van der Waals surface area contributed by atoms with E-state index in [1.54, 1.807) is 6.08 Å². The molecular formula is C25H64Br2O10PtSi8. The van der Waals surface area contributed by atoms with Crippen molar-refractivity contribution in [2.45, 2.75) is 117 Å². The molecular weight excluding hydrogens is 1040 g/mol. The second-order valence-corrected chi connectivity index (χ2v) is 41.9. The molecule has 10 nitrogen and oxygen atoms in total. The van der Waals surface area contributed by atoms with Crippen LogP contribution >= 0.6 is 31.9 Å². The molecule has 0 radical (unpaired) electrons. The summed E-state index contributed by atoms with van der Waals surface area (Å²) in [7, 11) is -17.3. The molecule has 0 saturated carbocycles. The molecule has 0 N–H and O–H groups in total. The van der Waals surface area contributed by atoms with E-state index in [4.69, 9.17) is 42.1 Å². The fourth-order valence-electron chi connectivity index (χ4n) is 5.26. The number of rotatable bonds is 6. The van der Waals surface area contributed by atoms with Gasteiger partial charge in [-0.2, -0.15) is 0 Å². The Morgan fingerprint density at radius 1 is 0.630 bits per heavy atom. The van der Waals surface area contributed by atoms with Crippen LogP contribution in [-0.4, -0.2) is 99.9 Å². The smallest absolute Gasteiger partial charge is 0.418 e. The van der Waals surface area contributed by atoms with Crippen molar-refractivity contribution in [1.82, 2.24) is 0 Å². The van der Waals surface area contributed by atoms with E-state index in [2.05, 4.69) is 97.4 Å². The summed E-state index contributed by atoms with van der Waals surface area (Å²) in [6.45, 7) is 34.8. The molecule has 3 aliphatic rings. The van der Waals surface area contributed by atoms with Crippen LogP contribution in [-0.2, 0) is 63.1 Å². The average Bonchev–Trinajstić information content (AvgIpc) is 3.36. The maximum absolute atomic E-state index is 6.31. The molecule has 3 heterocycles. The number of alkyl halides is 2. The number of unbranched alkanes of at least 4 members (excludes halogenated alkanes) is 1. The van der Waals surface area contributed by atoms with Crippen LogP contribution in [0.1, 0.15) is 25.7 Å². The molecule has 21 heteroatoms. The monoisotopic (exact) mass is 1100 g/mol. The number of allylic oxidation sites excluding steroid dienone is 1. The van der Waals surface area contributed by atoms with Crippen molar-refractivity contribution >= 4 is 101 Å². The third kappa shape index (κ3) is 25.6. The van der Waals surface area contributed by atoms with E-state index >= 15 is 0 Å². The van der Waals surface area contributed by atoms with Crippen molar-refractivity contribution in [2.24, 2.45) is 0 Å². The van der Waals surface area contributed by atoms with E-state index in [9.17, 15) is 0 Å². The van der Waals surface area contributed by atoms with Crippen molar-refractivity contribution in [3.05, 3.63) is 12.7 Å². The summed E-state index contributed by atoms with van der Waals surface area (Å²) in [5, 5.41) is 1.88. The van der Waals surface area contributed by atoms with Gasteiger partial charge in [0.25, 0.3) is 0 Å². The predicted molar refractivity (Wildman–Crippen MR) is 211 cm³/mol. The van der Waals surface area contributed by atoms with E-state index in [1.807, 2.05) is 32.7 Å². The normalized spacial score (nSPS) is 25.4. The Bertz CT molecular complexity index is 808. The van der Waals surface area contributed by atoms with E-state index in [0.717, 1.165) is 36.7 Å². The summed E-state index contributed by atoms with van der Waals surface area (Å²) in [6, 6.07) is 0. The fourth-order valence-corrected chi connectivity index (χ4v) is 43.7. The number of ether oxygens (including phenoxy) is 1. The topological polar surface area (TPSA) is 92.3 Å².